The molecule has 13 heteroatoms. The van der Waals surface area contributed by atoms with Gasteiger partial charge < -0.3 is 15.0 Å². The van der Waals surface area contributed by atoms with Crippen molar-refractivity contribution < 1.29 is 22.7 Å². The Morgan fingerprint density at radius 3 is 2.56 bits per heavy atom. The van der Waals surface area contributed by atoms with Gasteiger partial charge in [0, 0.05) is 25.8 Å². The number of anilines is 2. The van der Waals surface area contributed by atoms with Crippen molar-refractivity contribution in [1.29, 1.82) is 0 Å². The molecule has 194 valence electrons. The van der Waals surface area contributed by atoms with Crippen molar-refractivity contribution in [2.24, 2.45) is 5.92 Å². The van der Waals surface area contributed by atoms with Crippen LogP contribution >= 0.6 is 23.4 Å². The van der Waals surface area contributed by atoms with E-state index in [9.17, 15) is 18.0 Å². The van der Waals surface area contributed by atoms with Crippen LogP contribution in [-0.4, -0.2) is 62.2 Å². The summed E-state index contributed by atoms with van der Waals surface area (Å²) in [4.78, 5) is 22.0. The predicted octanol–water partition coefficient (Wildman–Crippen LogP) is 5.43. The van der Waals surface area contributed by atoms with Gasteiger partial charge in [-0.15, -0.1) is 5.10 Å². The first-order valence-corrected chi connectivity index (χ1v) is 12.9. The molecule has 3 heterocycles. The van der Waals surface area contributed by atoms with Gasteiger partial charge in [0.25, 0.3) is 5.78 Å². The number of carbonyl (C=O) groups is 1. The molecule has 3 aromatic rings. The first-order chi connectivity index (χ1) is 17.1. The first kappa shape index (κ1) is 26.5. The molecule has 2 aromatic heterocycles. The van der Waals surface area contributed by atoms with E-state index in [0.717, 1.165) is 16.4 Å². The Morgan fingerprint density at radius 1 is 1.28 bits per heavy atom. The fraction of sp³-hybridized carbons (Fsp3) is 0.478. The highest BCUT2D eigenvalue weighted by molar-refractivity contribution is 7.99. The van der Waals surface area contributed by atoms with Gasteiger partial charge in [-0.1, -0.05) is 12.1 Å². The van der Waals surface area contributed by atoms with Gasteiger partial charge in [0.1, 0.15) is 0 Å². The minimum Gasteiger partial charge on any atom is -0.375 e. The largest absolute Gasteiger partial charge is 0.413 e. The highest BCUT2D eigenvalue weighted by Crippen LogP contribution is 2.39. The van der Waals surface area contributed by atoms with Crippen LogP contribution in [0.2, 0.25) is 5.28 Å². The first-order valence-electron chi connectivity index (χ1n) is 11.3. The lowest BCUT2D eigenvalue weighted by Crippen LogP contribution is -2.43. The number of ether oxygens (including phenoxy) is 1. The Balaban J connectivity index is 1.60. The molecule has 2 atom stereocenters. The lowest BCUT2D eigenvalue weighted by molar-refractivity contribution is -0.190. The monoisotopic (exact) mass is 542 g/mol. The highest BCUT2D eigenvalue weighted by atomic mass is 35.5. The molecular formula is C23H26ClF3N6O2S. The molecule has 0 spiro atoms. The van der Waals surface area contributed by atoms with Crippen LogP contribution in [0.15, 0.2) is 30.5 Å². The Labute approximate surface area is 215 Å². The molecule has 8 nitrogen and oxygen atoms in total. The van der Waals surface area contributed by atoms with Crippen LogP contribution in [0.3, 0.4) is 0 Å². The molecule has 36 heavy (non-hydrogen) atoms. The van der Waals surface area contributed by atoms with Gasteiger partial charge >= 0.3 is 6.18 Å². The van der Waals surface area contributed by atoms with Gasteiger partial charge in [-0.05, 0) is 60.6 Å². The quantitative estimate of drug-likeness (QED) is 0.426. The predicted molar refractivity (Wildman–Crippen MR) is 133 cm³/mol. The van der Waals surface area contributed by atoms with Crippen LogP contribution in [-0.2, 0) is 9.53 Å². The summed E-state index contributed by atoms with van der Waals surface area (Å²) in [5.74, 6) is 1.01. The lowest BCUT2D eigenvalue weighted by Gasteiger charge is -2.34. The van der Waals surface area contributed by atoms with E-state index in [1.54, 1.807) is 11.8 Å². The van der Waals surface area contributed by atoms with E-state index in [-0.39, 0.29) is 22.5 Å². The molecule has 1 amide bonds. The summed E-state index contributed by atoms with van der Waals surface area (Å²) in [5, 5.41) is 7.33. The number of rotatable bonds is 7. The van der Waals surface area contributed by atoms with Gasteiger partial charge in [-0.25, -0.2) is 4.98 Å². The Morgan fingerprint density at radius 2 is 1.94 bits per heavy atom. The summed E-state index contributed by atoms with van der Waals surface area (Å²) < 4.78 is 49.2. The summed E-state index contributed by atoms with van der Waals surface area (Å²) in [6.45, 7) is 1.81. The van der Waals surface area contributed by atoms with Crippen LogP contribution in [0.4, 0.5) is 24.5 Å². The number of carbonyl (C=O) groups excluding carboxylic acids is 1. The van der Waals surface area contributed by atoms with E-state index < -0.39 is 24.2 Å². The van der Waals surface area contributed by atoms with Crippen molar-refractivity contribution in [3.8, 4) is 0 Å². The smallest absolute Gasteiger partial charge is 0.375 e. The zero-order valence-electron chi connectivity index (χ0n) is 19.9. The van der Waals surface area contributed by atoms with Crippen LogP contribution in [0.1, 0.15) is 43.2 Å². The van der Waals surface area contributed by atoms with Gasteiger partial charge in [0.15, 0.2) is 6.04 Å². The maximum absolute atomic E-state index is 14.1. The topological polar surface area (TPSA) is 84.6 Å². The van der Waals surface area contributed by atoms with Crippen molar-refractivity contribution in [1.82, 2.24) is 24.5 Å². The number of amides is 1. The Hall–Kier alpha value is -2.57. The zero-order chi connectivity index (χ0) is 26.0. The SMILES string of the molecule is CO[C@H](C)c1c(Nc2ccc([C@H](N(C)C(=O)C3CCSCC3)C(F)(F)F)cc2)cnc2nc(Cl)nn12. The summed E-state index contributed by atoms with van der Waals surface area (Å²) in [6.07, 6.45) is -2.31. The number of methoxy groups -OCH3 is 1. The fourth-order valence-corrected chi connectivity index (χ4v) is 5.58. The summed E-state index contributed by atoms with van der Waals surface area (Å²) >= 11 is 7.65. The number of benzene rings is 1. The molecule has 4 rings (SSSR count). The second-order valence-electron chi connectivity index (χ2n) is 8.55. The highest BCUT2D eigenvalue weighted by Gasteiger charge is 2.46. The number of nitrogens with one attached hydrogen (secondary N) is 1. The Bertz CT molecular complexity index is 1220. The number of halogens is 4. The van der Waals surface area contributed by atoms with E-state index in [2.05, 4.69) is 20.4 Å². The van der Waals surface area contributed by atoms with Gasteiger partial charge in [0.05, 0.1) is 23.7 Å². The van der Waals surface area contributed by atoms with Gasteiger partial charge in [-0.3, -0.25) is 4.79 Å². The van der Waals surface area contributed by atoms with Crippen molar-refractivity contribution >= 4 is 46.4 Å². The summed E-state index contributed by atoms with van der Waals surface area (Å²) in [6, 6.07) is 3.78. The molecule has 0 unspecified atom stereocenters. The molecule has 1 aliphatic rings. The number of aromatic nitrogens is 4. The van der Waals surface area contributed by atoms with E-state index in [1.165, 1.54) is 49.1 Å². The Kier molecular flexibility index (Phi) is 7.96. The van der Waals surface area contributed by atoms with Crippen LogP contribution in [0.5, 0.6) is 0 Å². The van der Waals surface area contributed by atoms with E-state index in [1.807, 2.05) is 6.92 Å². The number of fused-ring (bicyclic) bond motifs is 1. The number of nitrogens with zero attached hydrogens (tertiary/aromatic N) is 5. The summed E-state index contributed by atoms with van der Waals surface area (Å²) in [7, 11) is 2.77. The molecule has 0 radical (unpaired) electrons. The van der Waals surface area contributed by atoms with Crippen molar-refractivity contribution in [3.63, 3.8) is 0 Å². The van der Waals surface area contributed by atoms with E-state index in [4.69, 9.17) is 16.3 Å². The summed E-state index contributed by atoms with van der Waals surface area (Å²) in [5.41, 5.74) is 1.63. The molecule has 1 N–H and O–H groups in total. The molecule has 0 bridgehead atoms. The number of alkyl halides is 3. The lowest BCUT2D eigenvalue weighted by atomic mass is 9.98. The normalized spacial score (nSPS) is 16.6. The standard InChI is InChI=1S/C23H26ClF3N6O2S/c1-13(35-3)18-17(12-28-22-30-21(24)31-33(18)22)29-16-6-4-14(5-7-16)19(23(25,26)27)32(2)20(34)15-8-10-36-11-9-15/h4-7,12-13,15,19,29H,8-11H2,1-3H3/t13-,19+/m1/s1. The molecule has 1 aliphatic heterocycles. The maximum atomic E-state index is 14.1. The second-order valence-corrected chi connectivity index (χ2v) is 10.1. The van der Waals surface area contributed by atoms with E-state index in [0.29, 0.717) is 29.9 Å². The van der Waals surface area contributed by atoms with Crippen molar-refractivity contribution in [2.75, 3.05) is 31.0 Å². The molecule has 1 fully saturated rings. The number of hydrogen-bond donors (Lipinski definition) is 1. The molecule has 1 aromatic carbocycles. The minimum atomic E-state index is -4.62. The van der Waals surface area contributed by atoms with Gasteiger partial charge in [-0.2, -0.15) is 34.4 Å². The number of thioether (sulfide) groups is 1. The van der Waals surface area contributed by atoms with Crippen molar-refractivity contribution in [3.05, 3.63) is 47.0 Å². The minimum absolute atomic E-state index is 0.0174. The van der Waals surface area contributed by atoms with Crippen molar-refractivity contribution in [2.45, 2.75) is 38.1 Å². The zero-order valence-corrected chi connectivity index (χ0v) is 21.5. The molecule has 0 aliphatic carbocycles. The number of hydrogen-bond acceptors (Lipinski definition) is 7. The van der Waals surface area contributed by atoms with E-state index >= 15 is 0 Å². The molecular weight excluding hydrogens is 517 g/mol. The van der Waals surface area contributed by atoms with Crippen LogP contribution in [0.25, 0.3) is 5.78 Å². The average Bonchev–Trinajstić information content (AvgIpc) is 3.24. The molecule has 1 saturated heterocycles. The fourth-order valence-electron chi connectivity index (χ4n) is 4.32. The average molecular weight is 543 g/mol. The van der Waals surface area contributed by atoms with Crippen LogP contribution in [0, 0.1) is 5.92 Å². The third-order valence-electron chi connectivity index (χ3n) is 6.24. The van der Waals surface area contributed by atoms with Crippen LogP contribution < -0.4 is 5.32 Å². The third kappa shape index (κ3) is 5.55. The second kappa shape index (κ2) is 10.8. The third-order valence-corrected chi connectivity index (χ3v) is 7.45. The molecule has 0 saturated carbocycles. The van der Waals surface area contributed by atoms with Gasteiger partial charge in [0.2, 0.25) is 11.2 Å². The maximum Gasteiger partial charge on any atom is 0.413 e.